The SMILES string of the molecule is N#CCS(=O)(=O)NC1(CN)CCCC1. The van der Waals surface area contributed by atoms with Gasteiger partial charge in [0.2, 0.25) is 10.0 Å². The lowest BCUT2D eigenvalue weighted by atomic mass is 10.0. The summed E-state index contributed by atoms with van der Waals surface area (Å²) in [7, 11) is -3.48. The van der Waals surface area contributed by atoms with E-state index in [0.29, 0.717) is 6.54 Å². The van der Waals surface area contributed by atoms with Crippen LogP contribution in [0.1, 0.15) is 25.7 Å². The number of nitriles is 1. The standard InChI is InChI=1S/C8H15N3O2S/c9-5-6-14(12,13)11-8(7-10)3-1-2-4-8/h11H,1-4,6-7,10H2. The Morgan fingerprint density at radius 3 is 2.43 bits per heavy atom. The zero-order valence-electron chi connectivity index (χ0n) is 7.99. The van der Waals surface area contributed by atoms with E-state index in [1.165, 1.54) is 0 Å². The molecule has 0 aromatic heterocycles. The number of rotatable bonds is 4. The van der Waals surface area contributed by atoms with E-state index >= 15 is 0 Å². The van der Waals surface area contributed by atoms with Gasteiger partial charge in [-0.3, -0.25) is 0 Å². The van der Waals surface area contributed by atoms with Gasteiger partial charge in [-0.1, -0.05) is 12.8 Å². The number of nitrogens with zero attached hydrogens (tertiary/aromatic N) is 1. The van der Waals surface area contributed by atoms with E-state index in [1.54, 1.807) is 6.07 Å². The normalized spacial score (nSPS) is 20.6. The second kappa shape index (κ2) is 4.26. The molecule has 1 aliphatic rings. The molecule has 0 radical (unpaired) electrons. The number of hydrogen-bond acceptors (Lipinski definition) is 4. The van der Waals surface area contributed by atoms with E-state index in [0.717, 1.165) is 25.7 Å². The van der Waals surface area contributed by atoms with Crippen molar-refractivity contribution in [3.8, 4) is 6.07 Å². The largest absolute Gasteiger partial charge is 0.329 e. The van der Waals surface area contributed by atoms with Gasteiger partial charge in [-0.15, -0.1) is 0 Å². The Morgan fingerprint density at radius 1 is 1.43 bits per heavy atom. The molecule has 0 spiro atoms. The Bertz CT molecular complexity index is 325. The molecule has 80 valence electrons. The zero-order valence-corrected chi connectivity index (χ0v) is 8.81. The highest BCUT2D eigenvalue weighted by atomic mass is 32.2. The molecule has 0 saturated heterocycles. The fraction of sp³-hybridized carbons (Fsp3) is 0.875. The first kappa shape index (κ1) is 11.4. The van der Waals surface area contributed by atoms with Crippen LogP contribution in [0.2, 0.25) is 0 Å². The van der Waals surface area contributed by atoms with Gasteiger partial charge in [0.1, 0.15) is 0 Å². The van der Waals surface area contributed by atoms with E-state index in [2.05, 4.69) is 4.72 Å². The molecule has 0 atom stereocenters. The van der Waals surface area contributed by atoms with Crippen LogP contribution in [0.4, 0.5) is 0 Å². The van der Waals surface area contributed by atoms with Crippen molar-refractivity contribution >= 4 is 10.0 Å². The van der Waals surface area contributed by atoms with E-state index in [-0.39, 0.29) is 0 Å². The summed E-state index contributed by atoms with van der Waals surface area (Å²) in [6.45, 7) is 0.303. The van der Waals surface area contributed by atoms with Crippen LogP contribution in [0.5, 0.6) is 0 Å². The monoisotopic (exact) mass is 217 g/mol. The van der Waals surface area contributed by atoms with Gasteiger partial charge in [-0.2, -0.15) is 5.26 Å². The summed E-state index contributed by atoms with van der Waals surface area (Å²) >= 11 is 0. The highest BCUT2D eigenvalue weighted by Crippen LogP contribution is 2.29. The minimum absolute atomic E-state index is 0.303. The third-order valence-electron chi connectivity index (χ3n) is 2.58. The van der Waals surface area contributed by atoms with Crippen LogP contribution in [0.15, 0.2) is 0 Å². The molecule has 0 amide bonds. The molecule has 0 unspecified atom stereocenters. The maximum atomic E-state index is 11.4. The van der Waals surface area contributed by atoms with E-state index in [9.17, 15) is 8.42 Å². The van der Waals surface area contributed by atoms with Crippen molar-refractivity contribution in [2.24, 2.45) is 5.73 Å². The van der Waals surface area contributed by atoms with E-state index < -0.39 is 21.3 Å². The summed E-state index contributed by atoms with van der Waals surface area (Å²) in [4.78, 5) is 0. The van der Waals surface area contributed by atoms with Crippen LogP contribution in [-0.4, -0.2) is 26.3 Å². The molecule has 3 N–H and O–H groups in total. The maximum Gasteiger partial charge on any atom is 0.225 e. The summed E-state index contributed by atoms with van der Waals surface area (Å²) < 4.78 is 25.3. The highest BCUT2D eigenvalue weighted by molar-refractivity contribution is 7.89. The Labute approximate surface area is 84.3 Å². The smallest absolute Gasteiger partial charge is 0.225 e. The minimum atomic E-state index is -3.48. The molecular weight excluding hydrogens is 202 g/mol. The molecule has 6 heteroatoms. The number of hydrogen-bond donors (Lipinski definition) is 2. The Kier molecular flexibility index (Phi) is 3.48. The van der Waals surface area contributed by atoms with Gasteiger partial charge < -0.3 is 5.73 Å². The van der Waals surface area contributed by atoms with E-state index in [4.69, 9.17) is 11.0 Å². The number of nitrogens with two attached hydrogens (primary N) is 1. The lowest BCUT2D eigenvalue weighted by molar-refractivity contribution is 0.400. The first-order valence-electron chi connectivity index (χ1n) is 4.62. The molecular formula is C8H15N3O2S. The topological polar surface area (TPSA) is 96.0 Å². The van der Waals surface area contributed by atoms with Gasteiger partial charge in [-0.25, -0.2) is 13.1 Å². The van der Waals surface area contributed by atoms with Crippen molar-refractivity contribution in [1.82, 2.24) is 4.72 Å². The van der Waals surface area contributed by atoms with Gasteiger partial charge in [0.05, 0.1) is 6.07 Å². The fourth-order valence-electron chi connectivity index (χ4n) is 1.85. The highest BCUT2D eigenvalue weighted by Gasteiger charge is 2.35. The van der Waals surface area contributed by atoms with Crippen LogP contribution in [-0.2, 0) is 10.0 Å². The van der Waals surface area contributed by atoms with Crippen molar-refractivity contribution in [3.05, 3.63) is 0 Å². The summed E-state index contributed by atoms with van der Waals surface area (Å²) in [5.41, 5.74) is 5.07. The lowest BCUT2D eigenvalue weighted by Crippen LogP contribution is -2.52. The summed E-state index contributed by atoms with van der Waals surface area (Å²) in [5, 5.41) is 8.33. The fourth-order valence-corrected chi connectivity index (χ4v) is 3.04. The first-order chi connectivity index (χ1) is 6.54. The average molecular weight is 217 g/mol. The molecule has 1 fully saturated rings. The van der Waals surface area contributed by atoms with Crippen molar-refractivity contribution < 1.29 is 8.42 Å². The van der Waals surface area contributed by atoms with Crippen molar-refractivity contribution in [2.45, 2.75) is 31.2 Å². The third-order valence-corrected chi connectivity index (χ3v) is 3.83. The molecule has 0 bridgehead atoms. The van der Waals surface area contributed by atoms with Crippen molar-refractivity contribution in [3.63, 3.8) is 0 Å². The molecule has 0 aromatic rings. The number of sulfonamides is 1. The predicted molar refractivity (Wildman–Crippen MR) is 52.8 cm³/mol. The Balaban J connectivity index is 2.70. The van der Waals surface area contributed by atoms with Gasteiger partial charge in [0, 0.05) is 12.1 Å². The molecule has 1 aliphatic carbocycles. The van der Waals surface area contributed by atoms with Gasteiger partial charge >= 0.3 is 0 Å². The first-order valence-corrected chi connectivity index (χ1v) is 6.27. The average Bonchev–Trinajstić information content (AvgIpc) is 2.53. The predicted octanol–water partition coefficient (Wildman–Crippen LogP) is -0.299. The van der Waals surface area contributed by atoms with Crippen LogP contribution in [0.3, 0.4) is 0 Å². The van der Waals surface area contributed by atoms with Gasteiger partial charge in [0.15, 0.2) is 5.75 Å². The van der Waals surface area contributed by atoms with Crippen LogP contribution >= 0.6 is 0 Å². The van der Waals surface area contributed by atoms with Crippen molar-refractivity contribution in [1.29, 1.82) is 5.26 Å². The second-order valence-corrected chi connectivity index (χ2v) is 5.43. The lowest BCUT2D eigenvalue weighted by Gasteiger charge is -2.27. The molecule has 0 aliphatic heterocycles. The molecule has 5 nitrogen and oxygen atoms in total. The third kappa shape index (κ3) is 2.67. The molecule has 1 saturated carbocycles. The van der Waals surface area contributed by atoms with Crippen molar-refractivity contribution in [2.75, 3.05) is 12.3 Å². The Morgan fingerprint density at radius 2 is 2.00 bits per heavy atom. The van der Waals surface area contributed by atoms with Crippen LogP contribution < -0.4 is 10.5 Å². The quantitative estimate of drug-likeness (QED) is 0.675. The van der Waals surface area contributed by atoms with E-state index in [1.807, 2.05) is 0 Å². The molecule has 0 heterocycles. The van der Waals surface area contributed by atoms with Gasteiger partial charge in [-0.05, 0) is 12.8 Å². The maximum absolute atomic E-state index is 11.4. The summed E-state index contributed by atoms with van der Waals surface area (Å²) in [6, 6.07) is 1.63. The second-order valence-electron chi connectivity index (χ2n) is 3.71. The zero-order chi connectivity index (χ0) is 10.7. The van der Waals surface area contributed by atoms with Gasteiger partial charge in [0.25, 0.3) is 0 Å². The van der Waals surface area contributed by atoms with Crippen LogP contribution in [0, 0.1) is 11.3 Å². The molecule has 0 aromatic carbocycles. The van der Waals surface area contributed by atoms with Crippen LogP contribution in [0.25, 0.3) is 0 Å². The summed E-state index contributed by atoms with van der Waals surface area (Å²) in [6.07, 6.45) is 3.53. The summed E-state index contributed by atoms with van der Waals surface area (Å²) in [5.74, 6) is -0.491. The Hall–Kier alpha value is -0.640. The minimum Gasteiger partial charge on any atom is -0.329 e. The number of nitrogens with one attached hydrogen (secondary N) is 1. The molecule has 1 rings (SSSR count). The molecule has 14 heavy (non-hydrogen) atoms.